The Morgan fingerprint density at radius 1 is 1.16 bits per heavy atom. The van der Waals surface area contributed by atoms with Gasteiger partial charge in [0.15, 0.2) is 17.6 Å². The first-order valence-electron chi connectivity index (χ1n) is 5.94. The van der Waals surface area contributed by atoms with Crippen LogP contribution in [-0.2, 0) is 0 Å². The average molecular weight is 266 g/mol. The monoisotopic (exact) mass is 266 g/mol. The number of aromatic hydroxyl groups is 3. The second-order valence-corrected chi connectivity index (χ2v) is 4.44. The number of hydrogen-bond acceptors (Lipinski definition) is 7. The van der Waals surface area contributed by atoms with Crippen LogP contribution in [0.1, 0.15) is 5.56 Å². The lowest BCUT2D eigenvalue weighted by Gasteiger charge is -2.28. The van der Waals surface area contributed by atoms with Crippen LogP contribution < -0.4 is 14.8 Å². The molecule has 1 aromatic rings. The summed E-state index contributed by atoms with van der Waals surface area (Å²) in [6.07, 6.45) is -0.454. The molecule has 19 heavy (non-hydrogen) atoms. The standard InChI is InChI=1S/C12H14N2O5/c1-5-7(15)8(16)9(17)11-10(5)18-4-6(19-11)12-13-2-3-14-12/h6,15-17H,2-4H2,1H3,(H,13,14). The molecule has 0 radical (unpaired) electrons. The molecule has 3 rings (SSSR count). The Kier molecular flexibility index (Phi) is 2.55. The van der Waals surface area contributed by atoms with Crippen molar-refractivity contribution < 1.29 is 24.8 Å². The van der Waals surface area contributed by atoms with Crippen LogP contribution in [-0.4, -0.2) is 47.0 Å². The van der Waals surface area contributed by atoms with Gasteiger partial charge in [-0.05, 0) is 6.92 Å². The fourth-order valence-corrected chi connectivity index (χ4v) is 2.17. The molecule has 7 heteroatoms. The number of aliphatic imine (C=N–C) groups is 1. The van der Waals surface area contributed by atoms with Gasteiger partial charge in [0, 0.05) is 12.1 Å². The maximum atomic E-state index is 9.83. The number of fused-ring (bicyclic) bond motifs is 1. The van der Waals surface area contributed by atoms with Crippen LogP contribution in [0.2, 0.25) is 0 Å². The summed E-state index contributed by atoms with van der Waals surface area (Å²) < 4.78 is 11.1. The molecule has 0 saturated heterocycles. The van der Waals surface area contributed by atoms with E-state index in [9.17, 15) is 15.3 Å². The molecule has 0 bridgehead atoms. The van der Waals surface area contributed by atoms with Crippen LogP contribution in [0.25, 0.3) is 0 Å². The van der Waals surface area contributed by atoms with E-state index in [4.69, 9.17) is 9.47 Å². The maximum absolute atomic E-state index is 9.83. The van der Waals surface area contributed by atoms with Gasteiger partial charge in [-0.2, -0.15) is 0 Å². The molecule has 2 aliphatic rings. The minimum Gasteiger partial charge on any atom is -0.504 e. The average Bonchev–Trinajstić information content (AvgIpc) is 2.96. The Morgan fingerprint density at radius 2 is 1.95 bits per heavy atom. The van der Waals surface area contributed by atoms with E-state index in [1.54, 1.807) is 6.92 Å². The molecule has 0 amide bonds. The Hall–Kier alpha value is -2.31. The van der Waals surface area contributed by atoms with E-state index in [2.05, 4.69) is 10.3 Å². The topological polar surface area (TPSA) is 104 Å². The molecule has 0 spiro atoms. The lowest BCUT2D eigenvalue weighted by atomic mass is 10.1. The Balaban J connectivity index is 2.01. The van der Waals surface area contributed by atoms with E-state index in [0.29, 0.717) is 17.9 Å². The summed E-state index contributed by atoms with van der Waals surface area (Å²) in [6.45, 7) is 3.22. The van der Waals surface area contributed by atoms with E-state index < -0.39 is 23.4 Å². The number of rotatable bonds is 1. The van der Waals surface area contributed by atoms with Crippen LogP contribution in [0, 0.1) is 6.92 Å². The van der Waals surface area contributed by atoms with Crippen molar-refractivity contribution >= 4 is 5.84 Å². The smallest absolute Gasteiger partial charge is 0.208 e. The highest BCUT2D eigenvalue weighted by Gasteiger charge is 2.33. The van der Waals surface area contributed by atoms with Gasteiger partial charge in [0.1, 0.15) is 12.4 Å². The third-order valence-electron chi connectivity index (χ3n) is 3.21. The minimum atomic E-state index is -0.609. The summed E-state index contributed by atoms with van der Waals surface area (Å²) in [5.41, 5.74) is 0.324. The molecule has 1 unspecified atom stereocenters. The summed E-state index contributed by atoms with van der Waals surface area (Å²) in [7, 11) is 0. The predicted molar refractivity (Wildman–Crippen MR) is 66.4 cm³/mol. The van der Waals surface area contributed by atoms with Crippen molar-refractivity contribution in [1.82, 2.24) is 5.32 Å². The summed E-state index contributed by atoms with van der Waals surface area (Å²) in [6, 6.07) is 0. The first-order valence-corrected chi connectivity index (χ1v) is 5.94. The fourth-order valence-electron chi connectivity index (χ4n) is 2.17. The highest BCUT2D eigenvalue weighted by molar-refractivity contribution is 5.89. The first kappa shape index (κ1) is 11.8. The molecule has 0 fully saturated rings. The molecule has 0 aromatic heterocycles. The van der Waals surface area contributed by atoms with Crippen molar-refractivity contribution in [2.24, 2.45) is 4.99 Å². The lowest BCUT2D eigenvalue weighted by molar-refractivity contribution is 0.125. The van der Waals surface area contributed by atoms with Crippen LogP contribution in [0.3, 0.4) is 0 Å². The Bertz CT molecular complexity index is 570. The molecular formula is C12H14N2O5. The maximum Gasteiger partial charge on any atom is 0.208 e. The molecule has 2 heterocycles. The van der Waals surface area contributed by atoms with Crippen LogP contribution in [0.4, 0.5) is 0 Å². The van der Waals surface area contributed by atoms with Crippen molar-refractivity contribution in [1.29, 1.82) is 0 Å². The largest absolute Gasteiger partial charge is 0.504 e. The second-order valence-electron chi connectivity index (χ2n) is 4.44. The number of hydrogen-bond donors (Lipinski definition) is 4. The second kappa shape index (κ2) is 4.11. The van der Waals surface area contributed by atoms with Gasteiger partial charge in [-0.25, -0.2) is 0 Å². The predicted octanol–water partition coefficient (Wildman–Crippen LogP) is 0.253. The summed E-state index contributed by atoms with van der Waals surface area (Å²) in [5, 5.41) is 32.2. The van der Waals surface area contributed by atoms with Gasteiger partial charge in [0.2, 0.25) is 17.2 Å². The zero-order chi connectivity index (χ0) is 13.6. The minimum absolute atomic E-state index is 0.0282. The molecule has 4 N–H and O–H groups in total. The number of amidine groups is 1. The molecule has 1 aromatic carbocycles. The van der Waals surface area contributed by atoms with Crippen LogP contribution in [0.5, 0.6) is 28.7 Å². The zero-order valence-electron chi connectivity index (χ0n) is 10.3. The quantitative estimate of drug-likeness (QED) is 0.543. The van der Waals surface area contributed by atoms with Crippen molar-refractivity contribution in [3.63, 3.8) is 0 Å². The Morgan fingerprint density at radius 3 is 2.63 bits per heavy atom. The molecule has 2 aliphatic heterocycles. The number of phenolic OH excluding ortho intramolecular Hbond substituents is 3. The number of nitrogens with one attached hydrogen (secondary N) is 1. The van der Waals surface area contributed by atoms with Gasteiger partial charge >= 0.3 is 0 Å². The third kappa shape index (κ3) is 1.69. The van der Waals surface area contributed by atoms with Gasteiger partial charge in [0.05, 0.1) is 6.54 Å². The SMILES string of the molecule is Cc1c(O)c(O)c(O)c2c1OCC(C1=NCCN1)O2. The number of phenols is 3. The van der Waals surface area contributed by atoms with E-state index in [1.807, 2.05) is 0 Å². The van der Waals surface area contributed by atoms with Gasteiger partial charge in [-0.1, -0.05) is 0 Å². The number of nitrogens with zero attached hydrogens (tertiary/aromatic N) is 1. The Labute approximate surface area is 109 Å². The molecule has 7 nitrogen and oxygen atoms in total. The van der Waals surface area contributed by atoms with Crippen molar-refractivity contribution in [3.05, 3.63) is 5.56 Å². The molecule has 102 valence electrons. The fraction of sp³-hybridized carbons (Fsp3) is 0.417. The van der Waals surface area contributed by atoms with Gasteiger partial charge in [0.25, 0.3) is 0 Å². The highest BCUT2D eigenvalue weighted by atomic mass is 16.6. The van der Waals surface area contributed by atoms with Gasteiger partial charge < -0.3 is 30.1 Å². The molecule has 1 atom stereocenters. The van der Waals surface area contributed by atoms with E-state index >= 15 is 0 Å². The summed E-state index contributed by atoms with van der Waals surface area (Å²) >= 11 is 0. The van der Waals surface area contributed by atoms with Crippen molar-refractivity contribution in [3.8, 4) is 28.7 Å². The van der Waals surface area contributed by atoms with E-state index in [0.717, 1.165) is 6.54 Å². The van der Waals surface area contributed by atoms with E-state index in [-0.39, 0.29) is 18.1 Å². The summed E-state index contributed by atoms with van der Waals surface area (Å²) in [4.78, 5) is 4.23. The van der Waals surface area contributed by atoms with Crippen LogP contribution in [0.15, 0.2) is 4.99 Å². The molecular weight excluding hydrogens is 252 g/mol. The molecule has 0 saturated carbocycles. The number of ether oxygens (including phenoxy) is 2. The van der Waals surface area contributed by atoms with Gasteiger partial charge in [-0.3, -0.25) is 4.99 Å². The van der Waals surface area contributed by atoms with Gasteiger partial charge in [-0.15, -0.1) is 0 Å². The third-order valence-corrected chi connectivity index (χ3v) is 3.21. The van der Waals surface area contributed by atoms with Crippen LogP contribution >= 0.6 is 0 Å². The van der Waals surface area contributed by atoms with Crippen molar-refractivity contribution in [2.45, 2.75) is 13.0 Å². The lowest BCUT2D eigenvalue weighted by Crippen LogP contribution is -2.42. The van der Waals surface area contributed by atoms with Crippen molar-refractivity contribution in [2.75, 3.05) is 19.7 Å². The number of benzene rings is 1. The highest BCUT2D eigenvalue weighted by Crippen LogP contribution is 2.53. The summed E-state index contributed by atoms with van der Waals surface area (Å²) in [5.74, 6) is -0.615. The normalized spacial score (nSPS) is 20.9. The zero-order valence-corrected chi connectivity index (χ0v) is 10.3. The van der Waals surface area contributed by atoms with E-state index in [1.165, 1.54) is 0 Å². The first-order chi connectivity index (χ1) is 9.09. The molecule has 0 aliphatic carbocycles.